The van der Waals surface area contributed by atoms with E-state index in [4.69, 9.17) is 0 Å². The number of hydrogen-bond donors (Lipinski definition) is 0. The maximum atomic E-state index is 12.9. The Labute approximate surface area is 138 Å². The Morgan fingerprint density at radius 1 is 0.625 bits per heavy atom. The van der Waals surface area contributed by atoms with Crippen LogP contribution < -0.4 is 10.9 Å². The van der Waals surface area contributed by atoms with Gasteiger partial charge in [0.05, 0.1) is 22.2 Å². The van der Waals surface area contributed by atoms with Gasteiger partial charge in [-0.1, -0.05) is 24.3 Å². The fraction of sp³-hybridized carbons (Fsp3) is 0.100. The molecule has 4 nitrogen and oxygen atoms in total. The first-order valence-electron chi connectivity index (χ1n) is 7.75. The number of fused-ring (bicyclic) bond motifs is 2. The van der Waals surface area contributed by atoms with Crippen molar-refractivity contribution in [3.05, 3.63) is 81.4 Å². The zero-order chi connectivity index (χ0) is 16.8. The first-order chi connectivity index (χ1) is 11.6. The van der Waals surface area contributed by atoms with Crippen LogP contribution in [0.25, 0.3) is 32.9 Å². The summed E-state index contributed by atoms with van der Waals surface area (Å²) in [6.07, 6.45) is 3.49. The zero-order valence-corrected chi connectivity index (χ0v) is 13.5. The maximum absolute atomic E-state index is 12.9. The number of hydrogen-bond acceptors (Lipinski definition) is 2. The third-order valence-electron chi connectivity index (χ3n) is 4.48. The molecule has 0 fully saturated rings. The van der Waals surface area contributed by atoms with E-state index in [1.807, 2.05) is 59.6 Å². The average Bonchev–Trinajstić information content (AvgIpc) is 2.61. The SMILES string of the molecule is Cn1cc(-c2cn(C)c3ccccc3c2=O)c(=O)c2ccccc21. The number of aryl methyl sites for hydroxylation is 2. The van der Waals surface area contributed by atoms with Crippen LogP contribution in [0.3, 0.4) is 0 Å². The van der Waals surface area contributed by atoms with Gasteiger partial charge >= 0.3 is 0 Å². The van der Waals surface area contributed by atoms with Gasteiger partial charge in [0.25, 0.3) is 0 Å². The van der Waals surface area contributed by atoms with E-state index in [-0.39, 0.29) is 10.9 Å². The third kappa shape index (κ3) is 2.00. The summed E-state index contributed by atoms with van der Waals surface area (Å²) in [4.78, 5) is 25.8. The quantitative estimate of drug-likeness (QED) is 0.542. The summed E-state index contributed by atoms with van der Waals surface area (Å²) in [5.74, 6) is 0. The predicted octanol–water partition coefficient (Wildman–Crippen LogP) is 3.06. The Balaban J connectivity index is 2.15. The molecular formula is C20H16N2O2. The van der Waals surface area contributed by atoms with Crippen LogP contribution in [0.5, 0.6) is 0 Å². The van der Waals surface area contributed by atoms with Crippen molar-refractivity contribution in [1.82, 2.24) is 9.13 Å². The second-order valence-corrected chi connectivity index (χ2v) is 6.00. The molecule has 0 amide bonds. The van der Waals surface area contributed by atoms with Crippen molar-refractivity contribution in [1.29, 1.82) is 0 Å². The van der Waals surface area contributed by atoms with Gasteiger partial charge in [0.1, 0.15) is 0 Å². The number of aromatic nitrogens is 2. The summed E-state index contributed by atoms with van der Waals surface area (Å²) in [6, 6.07) is 14.9. The zero-order valence-electron chi connectivity index (χ0n) is 13.5. The van der Waals surface area contributed by atoms with Crippen LogP contribution in [0, 0.1) is 0 Å². The standard InChI is InChI=1S/C20H16N2O2/c1-21-11-15(19(23)13-7-3-5-9-17(13)21)16-12-22(2)18-10-6-4-8-14(18)20(16)24/h3-12H,1-2H3. The van der Waals surface area contributed by atoms with Crippen molar-refractivity contribution in [2.75, 3.05) is 0 Å². The smallest absolute Gasteiger partial charge is 0.197 e. The molecule has 0 saturated heterocycles. The number of pyridine rings is 2. The van der Waals surface area contributed by atoms with Crippen molar-refractivity contribution >= 4 is 21.8 Å². The highest BCUT2D eigenvalue weighted by Crippen LogP contribution is 2.19. The molecule has 4 rings (SSSR count). The van der Waals surface area contributed by atoms with Crippen LogP contribution in [-0.2, 0) is 14.1 Å². The van der Waals surface area contributed by atoms with Gasteiger partial charge in [-0.3, -0.25) is 9.59 Å². The van der Waals surface area contributed by atoms with E-state index < -0.39 is 0 Å². The number of rotatable bonds is 1. The molecule has 0 N–H and O–H groups in total. The first kappa shape index (κ1) is 14.5. The predicted molar refractivity (Wildman–Crippen MR) is 97.4 cm³/mol. The molecule has 0 aliphatic carbocycles. The molecule has 4 heteroatoms. The summed E-state index contributed by atoms with van der Waals surface area (Å²) in [5.41, 5.74) is 2.34. The van der Waals surface area contributed by atoms with Crippen LogP contribution >= 0.6 is 0 Å². The Hall–Kier alpha value is -3.14. The van der Waals surface area contributed by atoms with Gasteiger partial charge in [0.2, 0.25) is 0 Å². The minimum absolute atomic E-state index is 0.115. The van der Waals surface area contributed by atoms with E-state index in [2.05, 4.69) is 0 Å². The highest BCUT2D eigenvalue weighted by molar-refractivity contribution is 5.87. The molecule has 0 unspecified atom stereocenters. The first-order valence-corrected chi connectivity index (χ1v) is 7.75. The Bertz CT molecular complexity index is 1120. The molecule has 118 valence electrons. The fourth-order valence-electron chi connectivity index (χ4n) is 3.26. The molecule has 0 atom stereocenters. The van der Waals surface area contributed by atoms with Gasteiger partial charge in [-0.25, -0.2) is 0 Å². The van der Waals surface area contributed by atoms with Crippen LogP contribution in [0.15, 0.2) is 70.5 Å². The highest BCUT2D eigenvalue weighted by Gasteiger charge is 2.14. The van der Waals surface area contributed by atoms with Crippen LogP contribution in [0.2, 0.25) is 0 Å². The molecule has 4 aromatic rings. The molecule has 0 saturated carbocycles. The summed E-state index contributed by atoms with van der Waals surface area (Å²) in [7, 11) is 3.77. The lowest BCUT2D eigenvalue weighted by Crippen LogP contribution is -2.17. The van der Waals surface area contributed by atoms with E-state index in [1.54, 1.807) is 24.5 Å². The lowest BCUT2D eigenvalue weighted by molar-refractivity contribution is 0.940. The lowest BCUT2D eigenvalue weighted by Gasteiger charge is -2.11. The Morgan fingerprint density at radius 2 is 1.00 bits per heavy atom. The minimum Gasteiger partial charge on any atom is -0.350 e. The van der Waals surface area contributed by atoms with Crippen molar-refractivity contribution in [2.24, 2.45) is 14.1 Å². The van der Waals surface area contributed by atoms with Gasteiger partial charge < -0.3 is 9.13 Å². The summed E-state index contributed by atoms with van der Waals surface area (Å²) >= 11 is 0. The molecule has 0 bridgehead atoms. The summed E-state index contributed by atoms with van der Waals surface area (Å²) in [6.45, 7) is 0. The second kappa shape index (κ2) is 5.20. The van der Waals surface area contributed by atoms with Gasteiger partial charge in [-0.05, 0) is 24.3 Å². The molecule has 24 heavy (non-hydrogen) atoms. The molecule has 0 radical (unpaired) electrons. The van der Waals surface area contributed by atoms with E-state index >= 15 is 0 Å². The molecule has 0 aliphatic heterocycles. The Kier molecular flexibility index (Phi) is 3.13. The summed E-state index contributed by atoms with van der Waals surface area (Å²) < 4.78 is 3.78. The minimum atomic E-state index is -0.115. The maximum Gasteiger partial charge on any atom is 0.197 e. The lowest BCUT2D eigenvalue weighted by atomic mass is 10.0. The van der Waals surface area contributed by atoms with E-state index in [0.29, 0.717) is 21.9 Å². The van der Waals surface area contributed by atoms with Crippen LogP contribution in [0.1, 0.15) is 0 Å². The number of para-hydroxylation sites is 2. The van der Waals surface area contributed by atoms with Crippen molar-refractivity contribution in [2.45, 2.75) is 0 Å². The second-order valence-electron chi connectivity index (χ2n) is 6.00. The molecule has 0 aliphatic rings. The number of benzene rings is 2. The number of nitrogens with zero attached hydrogens (tertiary/aromatic N) is 2. The van der Waals surface area contributed by atoms with E-state index in [9.17, 15) is 9.59 Å². The topological polar surface area (TPSA) is 44.0 Å². The molecule has 2 aromatic heterocycles. The van der Waals surface area contributed by atoms with Crippen molar-refractivity contribution in [3.63, 3.8) is 0 Å². The van der Waals surface area contributed by atoms with Gasteiger partial charge in [-0.15, -0.1) is 0 Å². The molecular weight excluding hydrogens is 300 g/mol. The van der Waals surface area contributed by atoms with Crippen molar-refractivity contribution in [3.8, 4) is 11.1 Å². The highest BCUT2D eigenvalue weighted by atomic mass is 16.1. The largest absolute Gasteiger partial charge is 0.350 e. The van der Waals surface area contributed by atoms with E-state index in [1.165, 1.54) is 0 Å². The fourth-order valence-corrected chi connectivity index (χ4v) is 3.26. The van der Waals surface area contributed by atoms with Gasteiger partial charge in [0.15, 0.2) is 10.9 Å². The molecule has 2 heterocycles. The third-order valence-corrected chi connectivity index (χ3v) is 4.48. The molecule has 0 spiro atoms. The Morgan fingerprint density at radius 3 is 1.42 bits per heavy atom. The summed E-state index contributed by atoms with van der Waals surface area (Å²) in [5, 5.41) is 1.24. The van der Waals surface area contributed by atoms with Gasteiger partial charge in [-0.2, -0.15) is 0 Å². The van der Waals surface area contributed by atoms with Crippen LogP contribution in [-0.4, -0.2) is 9.13 Å². The average molecular weight is 316 g/mol. The van der Waals surface area contributed by atoms with Gasteiger partial charge in [0, 0.05) is 37.3 Å². The normalized spacial score (nSPS) is 11.2. The van der Waals surface area contributed by atoms with Crippen molar-refractivity contribution < 1.29 is 0 Å². The monoisotopic (exact) mass is 316 g/mol. The molecule has 2 aromatic carbocycles. The van der Waals surface area contributed by atoms with E-state index in [0.717, 1.165) is 11.0 Å². The van der Waals surface area contributed by atoms with Crippen LogP contribution in [0.4, 0.5) is 0 Å².